The van der Waals surface area contributed by atoms with Gasteiger partial charge in [-0.05, 0) is 30.4 Å². The molecule has 6 nitrogen and oxygen atoms in total. The van der Waals surface area contributed by atoms with Crippen LogP contribution in [-0.4, -0.2) is 38.2 Å². The van der Waals surface area contributed by atoms with Gasteiger partial charge in [0.1, 0.15) is 0 Å². The number of aryl methyl sites for hydroxylation is 2. The van der Waals surface area contributed by atoms with Gasteiger partial charge in [0.2, 0.25) is 5.91 Å². The summed E-state index contributed by atoms with van der Waals surface area (Å²) in [4.78, 5) is 26.0. The van der Waals surface area contributed by atoms with E-state index in [2.05, 4.69) is 5.10 Å². The number of carbonyl (C=O) groups excluding carboxylic acids is 1. The Bertz CT molecular complexity index is 775. The summed E-state index contributed by atoms with van der Waals surface area (Å²) in [6.45, 7) is 2.01. The van der Waals surface area contributed by atoms with Gasteiger partial charge in [-0.15, -0.1) is 0 Å². The molecule has 1 aliphatic rings. The first-order chi connectivity index (χ1) is 11.5. The molecule has 0 radical (unpaired) electrons. The fraction of sp³-hybridized carbons (Fsp3) is 0.471. The molecular weight excluding hydrogens is 328 g/mol. The zero-order chi connectivity index (χ0) is 17.1. The molecule has 0 aromatic carbocycles. The number of hydrogen-bond donors (Lipinski definition) is 0. The van der Waals surface area contributed by atoms with E-state index in [0.717, 1.165) is 31.5 Å². The zero-order valence-corrected chi connectivity index (χ0v) is 14.4. The standard InChI is InChI=1S/C17H21ClN4O2/c1-20-6-2-14(10-17(20)24)13-3-7-21(8-4-13)16(23)5-9-22-12-15(18)11-19-22/h2,6,10-13H,3-5,7-9H2,1H3. The monoisotopic (exact) mass is 348 g/mol. The lowest BCUT2D eigenvalue weighted by Gasteiger charge is -2.32. The number of carbonyl (C=O) groups is 1. The highest BCUT2D eigenvalue weighted by molar-refractivity contribution is 6.30. The molecule has 2 aromatic heterocycles. The number of halogens is 1. The van der Waals surface area contributed by atoms with Crippen LogP contribution in [0.3, 0.4) is 0 Å². The Labute approximate surface area is 145 Å². The van der Waals surface area contributed by atoms with Crippen molar-refractivity contribution in [1.29, 1.82) is 0 Å². The molecule has 0 aliphatic carbocycles. The van der Waals surface area contributed by atoms with Crippen LogP contribution in [0.5, 0.6) is 0 Å². The van der Waals surface area contributed by atoms with Crippen molar-refractivity contribution in [3.63, 3.8) is 0 Å². The molecule has 0 N–H and O–H groups in total. The molecule has 3 heterocycles. The molecule has 0 saturated carbocycles. The van der Waals surface area contributed by atoms with Crippen molar-refractivity contribution in [2.24, 2.45) is 7.05 Å². The topological polar surface area (TPSA) is 60.1 Å². The van der Waals surface area contributed by atoms with Crippen LogP contribution in [0.1, 0.15) is 30.7 Å². The van der Waals surface area contributed by atoms with E-state index in [1.807, 2.05) is 17.2 Å². The van der Waals surface area contributed by atoms with Gasteiger partial charge in [0.05, 0.1) is 11.2 Å². The minimum absolute atomic E-state index is 0.0175. The molecule has 0 bridgehead atoms. The number of piperidine rings is 1. The Morgan fingerprint density at radius 3 is 2.75 bits per heavy atom. The fourth-order valence-corrected chi connectivity index (χ4v) is 3.27. The quantitative estimate of drug-likeness (QED) is 0.849. The first-order valence-electron chi connectivity index (χ1n) is 8.15. The Morgan fingerprint density at radius 1 is 1.38 bits per heavy atom. The lowest BCUT2D eigenvalue weighted by atomic mass is 9.90. The first-order valence-corrected chi connectivity index (χ1v) is 8.53. The van der Waals surface area contributed by atoms with Crippen molar-refractivity contribution in [3.05, 3.63) is 51.7 Å². The molecule has 2 aromatic rings. The number of rotatable bonds is 4. The highest BCUT2D eigenvalue weighted by Crippen LogP contribution is 2.27. The molecule has 0 atom stereocenters. The predicted molar refractivity (Wildman–Crippen MR) is 92.1 cm³/mol. The largest absolute Gasteiger partial charge is 0.343 e. The minimum Gasteiger partial charge on any atom is -0.343 e. The molecule has 1 fully saturated rings. The van der Waals surface area contributed by atoms with Crippen LogP contribution < -0.4 is 5.56 Å². The highest BCUT2D eigenvalue weighted by atomic mass is 35.5. The molecule has 1 amide bonds. The van der Waals surface area contributed by atoms with E-state index in [9.17, 15) is 9.59 Å². The van der Waals surface area contributed by atoms with Crippen LogP contribution in [0, 0.1) is 0 Å². The minimum atomic E-state index is 0.0175. The second-order valence-corrected chi connectivity index (χ2v) is 6.67. The first kappa shape index (κ1) is 16.8. The summed E-state index contributed by atoms with van der Waals surface area (Å²) in [5.74, 6) is 0.497. The van der Waals surface area contributed by atoms with Gasteiger partial charge in [0.15, 0.2) is 0 Å². The number of aromatic nitrogens is 3. The summed E-state index contributed by atoms with van der Waals surface area (Å²) in [6, 6.07) is 3.72. The van der Waals surface area contributed by atoms with Crippen LogP contribution in [0.25, 0.3) is 0 Å². The number of pyridine rings is 1. The predicted octanol–water partition coefficient (Wildman–Crippen LogP) is 2.03. The maximum absolute atomic E-state index is 12.3. The summed E-state index contributed by atoms with van der Waals surface area (Å²) in [6.07, 6.45) is 7.32. The van der Waals surface area contributed by atoms with Crippen molar-refractivity contribution in [2.75, 3.05) is 13.1 Å². The summed E-state index contributed by atoms with van der Waals surface area (Å²) in [5.41, 5.74) is 1.10. The van der Waals surface area contributed by atoms with Gasteiger partial charge in [-0.3, -0.25) is 14.3 Å². The molecule has 0 unspecified atom stereocenters. The van der Waals surface area contributed by atoms with E-state index in [1.165, 1.54) is 0 Å². The summed E-state index contributed by atoms with van der Waals surface area (Å²) < 4.78 is 3.26. The van der Waals surface area contributed by atoms with E-state index < -0.39 is 0 Å². The van der Waals surface area contributed by atoms with Crippen molar-refractivity contribution in [2.45, 2.75) is 31.7 Å². The van der Waals surface area contributed by atoms with Crippen molar-refractivity contribution in [1.82, 2.24) is 19.2 Å². The van der Waals surface area contributed by atoms with Crippen LogP contribution in [0.4, 0.5) is 0 Å². The lowest BCUT2D eigenvalue weighted by Crippen LogP contribution is -2.38. The molecule has 1 saturated heterocycles. The number of hydrogen-bond acceptors (Lipinski definition) is 3. The van der Waals surface area contributed by atoms with Gasteiger partial charge in [0.25, 0.3) is 5.56 Å². The Kier molecular flexibility index (Phi) is 5.04. The smallest absolute Gasteiger partial charge is 0.250 e. The second kappa shape index (κ2) is 7.21. The Balaban J connectivity index is 1.51. The third kappa shape index (κ3) is 3.87. The maximum Gasteiger partial charge on any atom is 0.250 e. The van der Waals surface area contributed by atoms with Gasteiger partial charge >= 0.3 is 0 Å². The maximum atomic E-state index is 12.3. The van der Waals surface area contributed by atoms with Crippen LogP contribution in [0.2, 0.25) is 5.02 Å². The van der Waals surface area contributed by atoms with Gasteiger partial charge in [-0.2, -0.15) is 5.10 Å². The van der Waals surface area contributed by atoms with E-state index in [1.54, 1.807) is 34.8 Å². The summed E-state index contributed by atoms with van der Waals surface area (Å²) in [7, 11) is 1.75. The van der Waals surface area contributed by atoms with Crippen molar-refractivity contribution in [3.8, 4) is 0 Å². The SMILES string of the molecule is Cn1ccc(C2CCN(C(=O)CCn3cc(Cl)cn3)CC2)cc1=O. The molecular formula is C17H21ClN4O2. The number of amides is 1. The van der Waals surface area contributed by atoms with E-state index in [-0.39, 0.29) is 11.5 Å². The van der Waals surface area contributed by atoms with Gasteiger partial charge in [0, 0.05) is 51.6 Å². The van der Waals surface area contributed by atoms with Crippen LogP contribution >= 0.6 is 11.6 Å². The molecule has 0 spiro atoms. The van der Waals surface area contributed by atoms with Crippen molar-refractivity contribution >= 4 is 17.5 Å². The molecule has 3 rings (SSSR count). The molecule has 24 heavy (non-hydrogen) atoms. The van der Waals surface area contributed by atoms with Crippen LogP contribution in [-0.2, 0) is 18.4 Å². The molecule has 128 valence electrons. The zero-order valence-electron chi connectivity index (χ0n) is 13.7. The summed E-state index contributed by atoms with van der Waals surface area (Å²) in [5, 5.41) is 4.66. The highest BCUT2D eigenvalue weighted by Gasteiger charge is 2.23. The Hall–Kier alpha value is -2.08. The third-order valence-corrected chi connectivity index (χ3v) is 4.80. The normalized spacial score (nSPS) is 15.7. The molecule has 1 aliphatic heterocycles. The van der Waals surface area contributed by atoms with Gasteiger partial charge < -0.3 is 9.47 Å². The number of likely N-dealkylation sites (tertiary alicyclic amines) is 1. The van der Waals surface area contributed by atoms with E-state index >= 15 is 0 Å². The second-order valence-electron chi connectivity index (χ2n) is 6.24. The number of nitrogens with zero attached hydrogens (tertiary/aromatic N) is 4. The van der Waals surface area contributed by atoms with E-state index in [0.29, 0.717) is 23.9 Å². The van der Waals surface area contributed by atoms with Crippen LogP contribution in [0.15, 0.2) is 35.5 Å². The average molecular weight is 349 g/mol. The third-order valence-electron chi connectivity index (χ3n) is 4.60. The summed E-state index contributed by atoms with van der Waals surface area (Å²) >= 11 is 5.82. The fourth-order valence-electron chi connectivity index (χ4n) is 3.11. The molecule has 7 heteroatoms. The average Bonchev–Trinajstić information content (AvgIpc) is 3.01. The van der Waals surface area contributed by atoms with Gasteiger partial charge in [-0.25, -0.2) is 0 Å². The lowest BCUT2D eigenvalue weighted by molar-refractivity contribution is -0.132. The van der Waals surface area contributed by atoms with E-state index in [4.69, 9.17) is 11.6 Å². The Morgan fingerprint density at radius 2 is 2.12 bits per heavy atom. The van der Waals surface area contributed by atoms with Crippen molar-refractivity contribution < 1.29 is 4.79 Å². The van der Waals surface area contributed by atoms with Gasteiger partial charge in [-0.1, -0.05) is 11.6 Å².